The number of hydrogen-bond donors (Lipinski definition) is 1. The van der Waals surface area contributed by atoms with Crippen LogP contribution in [0.2, 0.25) is 0 Å². The van der Waals surface area contributed by atoms with Gasteiger partial charge >= 0.3 is 0 Å². The van der Waals surface area contributed by atoms with E-state index in [9.17, 15) is 0 Å². The third kappa shape index (κ3) is 6.06. The molecule has 0 aliphatic carbocycles. The molecule has 0 aromatic heterocycles. The zero-order chi connectivity index (χ0) is 15.0. The molecule has 0 aliphatic rings. The highest BCUT2D eigenvalue weighted by molar-refractivity contribution is 5.22. The van der Waals surface area contributed by atoms with Gasteiger partial charge in [-0.1, -0.05) is 57.0 Å². The Hall–Kier alpha value is -0.860. The molecule has 1 aromatic rings. The maximum atomic E-state index is 3.71. The third-order valence-electron chi connectivity index (χ3n) is 4.03. The van der Waals surface area contributed by atoms with Crippen LogP contribution in [0.4, 0.5) is 0 Å². The first-order chi connectivity index (χ1) is 9.56. The van der Waals surface area contributed by atoms with E-state index < -0.39 is 0 Å². The van der Waals surface area contributed by atoms with Crippen LogP contribution in [0.5, 0.6) is 0 Å². The molecule has 1 aromatic carbocycles. The monoisotopic (exact) mass is 276 g/mol. The number of likely N-dealkylation sites (N-methyl/N-ethyl adjacent to an activating group) is 1. The van der Waals surface area contributed by atoms with Gasteiger partial charge < -0.3 is 10.2 Å². The second-order valence-corrected chi connectivity index (χ2v) is 6.13. The van der Waals surface area contributed by atoms with Crippen molar-refractivity contribution >= 4 is 0 Å². The van der Waals surface area contributed by atoms with Crippen molar-refractivity contribution in [2.75, 3.05) is 20.1 Å². The van der Waals surface area contributed by atoms with Crippen LogP contribution in [0, 0.1) is 12.8 Å². The zero-order valence-electron chi connectivity index (χ0n) is 13.9. The molecule has 0 radical (unpaired) electrons. The predicted octanol–water partition coefficient (Wildman–Crippen LogP) is 3.84. The second kappa shape index (κ2) is 9.15. The predicted molar refractivity (Wildman–Crippen MR) is 89.0 cm³/mol. The summed E-state index contributed by atoms with van der Waals surface area (Å²) in [6, 6.07) is 9.42. The molecule has 2 heteroatoms. The van der Waals surface area contributed by atoms with Gasteiger partial charge in [0.2, 0.25) is 0 Å². The summed E-state index contributed by atoms with van der Waals surface area (Å²) in [6.45, 7) is 12.3. The number of rotatable bonds is 9. The van der Waals surface area contributed by atoms with Crippen LogP contribution in [0.25, 0.3) is 0 Å². The van der Waals surface area contributed by atoms with E-state index in [0.717, 1.165) is 25.6 Å². The standard InChI is InChI=1S/C18H32N2/c1-6-11-19-18(16(4)7-2)14-20(5)13-17-10-8-9-15(3)12-17/h8-10,12,16,18-19H,6-7,11,13-14H2,1-5H3. The van der Waals surface area contributed by atoms with Crippen molar-refractivity contribution in [1.29, 1.82) is 0 Å². The number of nitrogens with one attached hydrogen (secondary N) is 1. The van der Waals surface area contributed by atoms with Gasteiger partial charge in [-0.3, -0.25) is 0 Å². The summed E-state index contributed by atoms with van der Waals surface area (Å²) >= 11 is 0. The molecule has 0 amide bonds. The van der Waals surface area contributed by atoms with Crippen LogP contribution < -0.4 is 5.32 Å². The molecule has 0 fully saturated rings. The molecule has 114 valence electrons. The smallest absolute Gasteiger partial charge is 0.0231 e. The largest absolute Gasteiger partial charge is 0.312 e. The Kier molecular flexibility index (Phi) is 7.86. The number of nitrogens with zero attached hydrogens (tertiary/aromatic N) is 1. The van der Waals surface area contributed by atoms with Crippen molar-refractivity contribution in [3.8, 4) is 0 Å². The summed E-state index contributed by atoms with van der Waals surface area (Å²) in [6.07, 6.45) is 2.44. The van der Waals surface area contributed by atoms with E-state index in [1.807, 2.05) is 0 Å². The Labute approximate surface area is 125 Å². The van der Waals surface area contributed by atoms with Gasteiger partial charge in [-0.15, -0.1) is 0 Å². The quantitative estimate of drug-likeness (QED) is 0.737. The summed E-state index contributed by atoms with van der Waals surface area (Å²) in [5.41, 5.74) is 2.75. The van der Waals surface area contributed by atoms with E-state index in [4.69, 9.17) is 0 Å². The van der Waals surface area contributed by atoms with Crippen LogP contribution in [0.15, 0.2) is 24.3 Å². The Balaban J connectivity index is 2.54. The Bertz CT molecular complexity index is 375. The topological polar surface area (TPSA) is 15.3 Å². The van der Waals surface area contributed by atoms with E-state index in [1.54, 1.807) is 0 Å². The highest BCUT2D eigenvalue weighted by atomic mass is 15.1. The number of benzene rings is 1. The fraction of sp³-hybridized carbons (Fsp3) is 0.667. The van der Waals surface area contributed by atoms with Gasteiger partial charge in [-0.25, -0.2) is 0 Å². The first-order valence-electron chi connectivity index (χ1n) is 8.04. The third-order valence-corrected chi connectivity index (χ3v) is 4.03. The minimum Gasteiger partial charge on any atom is -0.312 e. The molecule has 1 rings (SSSR count). The molecule has 0 saturated carbocycles. The second-order valence-electron chi connectivity index (χ2n) is 6.13. The normalized spacial score (nSPS) is 14.5. The number of hydrogen-bond acceptors (Lipinski definition) is 2. The lowest BCUT2D eigenvalue weighted by Gasteiger charge is -2.29. The van der Waals surface area contributed by atoms with Crippen LogP contribution in [0.3, 0.4) is 0 Å². The van der Waals surface area contributed by atoms with Crippen LogP contribution in [0.1, 0.15) is 44.7 Å². The lowest BCUT2D eigenvalue weighted by atomic mass is 9.98. The Morgan fingerprint density at radius 2 is 2.00 bits per heavy atom. The van der Waals surface area contributed by atoms with E-state index in [2.05, 4.69) is 69.2 Å². The van der Waals surface area contributed by atoms with E-state index in [-0.39, 0.29) is 0 Å². The lowest BCUT2D eigenvalue weighted by molar-refractivity contribution is 0.238. The molecule has 0 bridgehead atoms. The Morgan fingerprint density at radius 3 is 2.60 bits per heavy atom. The molecular formula is C18H32N2. The molecule has 1 N–H and O–H groups in total. The minimum absolute atomic E-state index is 0.592. The van der Waals surface area contributed by atoms with Crippen LogP contribution in [-0.2, 0) is 6.54 Å². The molecule has 20 heavy (non-hydrogen) atoms. The summed E-state index contributed by atoms with van der Waals surface area (Å²) in [5, 5.41) is 3.71. The molecule has 0 heterocycles. The van der Waals surface area contributed by atoms with Gasteiger partial charge in [0.25, 0.3) is 0 Å². The van der Waals surface area contributed by atoms with Crippen LogP contribution >= 0.6 is 0 Å². The van der Waals surface area contributed by atoms with Crippen molar-refractivity contribution in [2.45, 2.75) is 53.1 Å². The van der Waals surface area contributed by atoms with Gasteiger partial charge in [-0.2, -0.15) is 0 Å². The summed E-state index contributed by atoms with van der Waals surface area (Å²) in [5.74, 6) is 0.724. The maximum Gasteiger partial charge on any atom is 0.0231 e. The highest BCUT2D eigenvalue weighted by Gasteiger charge is 2.17. The summed E-state index contributed by atoms with van der Waals surface area (Å²) < 4.78 is 0. The number of aryl methyl sites for hydroxylation is 1. The average Bonchev–Trinajstić information content (AvgIpc) is 2.42. The average molecular weight is 276 g/mol. The van der Waals surface area contributed by atoms with Crippen molar-refractivity contribution in [3.63, 3.8) is 0 Å². The van der Waals surface area contributed by atoms with Crippen molar-refractivity contribution in [1.82, 2.24) is 10.2 Å². The Morgan fingerprint density at radius 1 is 1.25 bits per heavy atom. The van der Waals surface area contributed by atoms with Gasteiger partial charge in [0.15, 0.2) is 0 Å². The highest BCUT2D eigenvalue weighted by Crippen LogP contribution is 2.12. The molecular weight excluding hydrogens is 244 g/mol. The van der Waals surface area contributed by atoms with Gasteiger partial charge in [0, 0.05) is 19.1 Å². The van der Waals surface area contributed by atoms with Gasteiger partial charge in [0.05, 0.1) is 0 Å². The molecule has 2 unspecified atom stereocenters. The van der Waals surface area contributed by atoms with Crippen molar-refractivity contribution in [2.24, 2.45) is 5.92 Å². The molecule has 2 atom stereocenters. The zero-order valence-corrected chi connectivity index (χ0v) is 13.9. The molecule has 0 spiro atoms. The van der Waals surface area contributed by atoms with E-state index in [0.29, 0.717) is 6.04 Å². The molecule has 2 nitrogen and oxygen atoms in total. The SMILES string of the molecule is CCCNC(CN(C)Cc1cccc(C)c1)C(C)CC. The van der Waals surface area contributed by atoms with Crippen molar-refractivity contribution < 1.29 is 0 Å². The minimum atomic E-state index is 0.592. The van der Waals surface area contributed by atoms with Gasteiger partial charge in [0.1, 0.15) is 0 Å². The summed E-state index contributed by atoms with van der Waals surface area (Å²) in [4.78, 5) is 2.44. The van der Waals surface area contributed by atoms with Crippen LogP contribution in [-0.4, -0.2) is 31.1 Å². The molecule has 0 aliphatic heterocycles. The maximum absolute atomic E-state index is 3.71. The fourth-order valence-electron chi connectivity index (χ4n) is 2.58. The van der Waals surface area contributed by atoms with E-state index in [1.165, 1.54) is 24.0 Å². The summed E-state index contributed by atoms with van der Waals surface area (Å²) in [7, 11) is 2.23. The first-order valence-corrected chi connectivity index (χ1v) is 8.04. The fourth-order valence-corrected chi connectivity index (χ4v) is 2.58. The van der Waals surface area contributed by atoms with Crippen molar-refractivity contribution in [3.05, 3.63) is 35.4 Å². The van der Waals surface area contributed by atoms with E-state index >= 15 is 0 Å². The van der Waals surface area contributed by atoms with Gasteiger partial charge in [-0.05, 0) is 38.4 Å². The molecule has 0 saturated heterocycles. The first kappa shape index (κ1) is 17.2. The lowest BCUT2D eigenvalue weighted by Crippen LogP contribution is -2.43.